The standard InChI is InChI=1S/C13H21N5.C9H11N/c1-16-5-7-17(8-6-16)13-4-2-3-12-15-11(9-14)10-18(12)13;1-2-6-9-8(4-1)5-3-7-10-9/h2-3,10,13H,4-9,14H2,1H3;3,5,7H,1-2,4,6H2. The lowest BCUT2D eigenvalue weighted by atomic mass is 9.96. The van der Waals surface area contributed by atoms with Crippen LogP contribution >= 0.6 is 0 Å². The van der Waals surface area contributed by atoms with Gasteiger partial charge >= 0.3 is 0 Å². The molecule has 28 heavy (non-hydrogen) atoms. The smallest absolute Gasteiger partial charge is 0.133 e. The fourth-order valence-corrected chi connectivity index (χ4v) is 4.31. The van der Waals surface area contributed by atoms with Gasteiger partial charge in [0.15, 0.2) is 0 Å². The Kier molecular flexibility index (Phi) is 6.20. The van der Waals surface area contributed by atoms with Crippen molar-refractivity contribution in [2.75, 3.05) is 33.2 Å². The number of aromatic nitrogens is 3. The summed E-state index contributed by atoms with van der Waals surface area (Å²) in [5.41, 5.74) is 9.46. The minimum Gasteiger partial charge on any atom is -0.325 e. The Morgan fingerprint density at radius 3 is 2.75 bits per heavy atom. The van der Waals surface area contributed by atoms with Crippen molar-refractivity contribution in [2.24, 2.45) is 5.73 Å². The van der Waals surface area contributed by atoms with Gasteiger partial charge in [-0.1, -0.05) is 12.1 Å². The number of likely N-dealkylation sites (N-methyl/N-ethyl adjacent to an activating group) is 1. The predicted molar refractivity (Wildman–Crippen MR) is 113 cm³/mol. The molecule has 0 saturated carbocycles. The molecule has 6 heteroatoms. The molecule has 2 N–H and O–H groups in total. The third-order valence-electron chi connectivity index (χ3n) is 6.01. The maximum Gasteiger partial charge on any atom is 0.133 e. The molecule has 1 fully saturated rings. The number of hydrogen-bond acceptors (Lipinski definition) is 5. The van der Waals surface area contributed by atoms with Gasteiger partial charge in [0.2, 0.25) is 0 Å². The minimum absolute atomic E-state index is 0.423. The number of aryl methyl sites for hydroxylation is 2. The van der Waals surface area contributed by atoms with Gasteiger partial charge in [-0.15, -0.1) is 0 Å². The topological polar surface area (TPSA) is 63.2 Å². The number of rotatable bonds is 2. The van der Waals surface area contributed by atoms with Crippen molar-refractivity contribution in [3.05, 3.63) is 53.4 Å². The average molecular weight is 381 g/mol. The van der Waals surface area contributed by atoms with Crippen LogP contribution < -0.4 is 5.73 Å². The normalized spacial score (nSPS) is 22.1. The van der Waals surface area contributed by atoms with Crippen LogP contribution in [0.1, 0.15) is 48.2 Å². The van der Waals surface area contributed by atoms with Crippen molar-refractivity contribution in [3.63, 3.8) is 0 Å². The lowest BCUT2D eigenvalue weighted by Crippen LogP contribution is -2.47. The monoisotopic (exact) mass is 380 g/mol. The van der Waals surface area contributed by atoms with Crippen LogP contribution in [0.3, 0.4) is 0 Å². The number of nitrogens with zero attached hydrogens (tertiary/aromatic N) is 5. The van der Waals surface area contributed by atoms with Crippen molar-refractivity contribution in [1.82, 2.24) is 24.3 Å². The van der Waals surface area contributed by atoms with Crippen molar-refractivity contribution in [1.29, 1.82) is 0 Å². The van der Waals surface area contributed by atoms with E-state index < -0.39 is 0 Å². The van der Waals surface area contributed by atoms with Crippen molar-refractivity contribution in [3.8, 4) is 0 Å². The average Bonchev–Trinajstić information content (AvgIpc) is 3.18. The van der Waals surface area contributed by atoms with Crippen LogP contribution in [0.5, 0.6) is 0 Å². The van der Waals surface area contributed by atoms with E-state index in [4.69, 9.17) is 5.73 Å². The van der Waals surface area contributed by atoms with Crippen LogP contribution in [0.2, 0.25) is 0 Å². The number of nitrogens with two attached hydrogens (primary N) is 1. The third kappa shape index (κ3) is 4.35. The molecule has 3 aliphatic rings. The maximum atomic E-state index is 5.68. The van der Waals surface area contributed by atoms with Crippen LogP contribution in [-0.2, 0) is 19.4 Å². The van der Waals surface area contributed by atoms with E-state index in [0.717, 1.165) is 44.1 Å². The number of fused-ring (bicyclic) bond motifs is 2. The molecule has 2 aromatic rings. The summed E-state index contributed by atoms with van der Waals surface area (Å²) >= 11 is 0. The SMILES string of the molecule is CN1CCN(C2CC=Cc3nc(CN)cn32)CC1.c1cnc2c(c1)CCCC2. The van der Waals surface area contributed by atoms with E-state index in [2.05, 4.69) is 55.8 Å². The molecule has 1 unspecified atom stereocenters. The summed E-state index contributed by atoms with van der Waals surface area (Å²) in [5, 5.41) is 0. The van der Waals surface area contributed by atoms with Gasteiger partial charge in [-0.05, 0) is 50.4 Å². The van der Waals surface area contributed by atoms with E-state index >= 15 is 0 Å². The van der Waals surface area contributed by atoms with Gasteiger partial charge in [0.25, 0.3) is 0 Å². The first-order valence-corrected chi connectivity index (χ1v) is 10.5. The van der Waals surface area contributed by atoms with Gasteiger partial charge in [0.05, 0.1) is 11.9 Å². The zero-order valence-electron chi connectivity index (χ0n) is 16.9. The summed E-state index contributed by atoms with van der Waals surface area (Å²) < 4.78 is 2.29. The van der Waals surface area contributed by atoms with Crippen LogP contribution in [0, 0.1) is 0 Å². The Morgan fingerprint density at radius 1 is 1.14 bits per heavy atom. The Hall–Kier alpha value is -2.02. The fourth-order valence-electron chi connectivity index (χ4n) is 4.31. The summed E-state index contributed by atoms with van der Waals surface area (Å²) in [6, 6.07) is 4.23. The summed E-state index contributed by atoms with van der Waals surface area (Å²) in [6.45, 7) is 5.07. The molecule has 6 nitrogen and oxygen atoms in total. The molecule has 5 rings (SSSR count). The van der Waals surface area contributed by atoms with Crippen molar-refractivity contribution >= 4 is 6.08 Å². The molecule has 1 atom stereocenters. The number of pyridine rings is 1. The largest absolute Gasteiger partial charge is 0.325 e. The molecular weight excluding hydrogens is 348 g/mol. The number of hydrogen-bond donors (Lipinski definition) is 1. The zero-order valence-corrected chi connectivity index (χ0v) is 16.9. The molecule has 2 aliphatic heterocycles. The lowest BCUT2D eigenvalue weighted by Gasteiger charge is -2.39. The fraction of sp³-hybridized carbons (Fsp3) is 0.545. The lowest BCUT2D eigenvalue weighted by molar-refractivity contribution is 0.0759. The van der Waals surface area contributed by atoms with E-state index in [0.29, 0.717) is 12.7 Å². The summed E-state index contributed by atoms with van der Waals surface area (Å²) in [6.07, 6.45) is 14.9. The first kappa shape index (κ1) is 19.3. The van der Waals surface area contributed by atoms with Gasteiger partial charge in [0, 0.05) is 57.2 Å². The zero-order chi connectivity index (χ0) is 19.3. The first-order chi connectivity index (χ1) is 13.7. The Labute approximate surface area is 168 Å². The number of piperazine rings is 1. The third-order valence-corrected chi connectivity index (χ3v) is 6.01. The molecule has 4 heterocycles. The van der Waals surface area contributed by atoms with E-state index in [9.17, 15) is 0 Å². The van der Waals surface area contributed by atoms with Crippen molar-refractivity contribution < 1.29 is 0 Å². The van der Waals surface area contributed by atoms with Gasteiger partial charge in [0.1, 0.15) is 5.82 Å². The van der Waals surface area contributed by atoms with Gasteiger partial charge < -0.3 is 15.2 Å². The predicted octanol–water partition coefficient (Wildman–Crippen LogP) is 2.47. The first-order valence-electron chi connectivity index (χ1n) is 10.5. The molecule has 0 amide bonds. The number of imidazole rings is 1. The molecule has 0 aromatic carbocycles. The molecular formula is C22H32N6. The highest BCUT2D eigenvalue weighted by atomic mass is 15.4. The molecule has 0 bridgehead atoms. The second kappa shape index (κ2) is 8.99. The van der Waals surface area contributed by atoms with E-state index in [1.807, 2.05) is 12.3 Å². The van der Waals surface area contributed by atoms with E-state index in [1.165, 1.54) is 36.9 Å². The molecule has 0 radical (unpaired) electrons. The molecule has 1 aliphatic carbocycles. The summed E-state index contributed by atoms with van der Waals surface area (Å²) in [7, 11) is 2.19. The van der Waals surface area contributed by atoms with E-state index in [1.54, 1.807) is 0 Å². The Balaban J connectivity index is 0.000000162. The van der Waals surface area contributed by atoms with Crippen LogP contribution in [-0.4, -0.2) is 57.6 Å². The van der Waals surface area contributed by atoms with Crippen LogP contribution in [0.4, 0.5) is 0 Å². The highest BCUT2D eigenvalue weighted by Gasteiger charge is 2.26. The maximum absolute atomic E-state index is 5.68. The van der Waals surface area contributed by atoms with E-state index in [-0.39, 0.29) is 0 Å². The summed E-state index contributed by atoms with van der Waals surface area (Å²) in [4.78, 5) is 13.8. The highest BCUT2D eigenvalue weighted by Crippen LogP contribution is 2.26. The Bertz CT molecular complexity index is 778. The second-order valence-corrected chi connectivity index (χ2v) is 7.98. The Morgan fingerprint density at radius 2 is 1.96 bits per heavy atom. The molecule has 150 valence electrons. The second-order valence-electron chi connectivity index (χ2n) is 7.98. The van der Waals surface area contributed by atoms with Gasteiger partial charge in [-0.2, -0.15) is 0 Å². The highest BCUT2D eigenvalue weighted by molar-refractivity contribution is 5.43. The molecule has 2 aromatic heterocycles. The van der Waals surface area contributed by atoms with Crippen LogP contribution in [0.25, 0.3) is 6.08 Å². The summed E-state index contributed by atoms with van der Waals surface area (Å²) in [5.74, 6) is 1.05. The molecule has 0 spiro atoms. The van der Waals surface area contributed by atoms with Crippen molar-refractivity contribution in [2.45, 2.75) is 44.8 Å². The quantitative estimate of drug-likeness (QED) is 0.867. The van der Waals surface area contributed by atoms with Gasteiger partial charge in [-0.3, -0.25) is 9.88 Å². The minimum atomic E-state index is 0.423. The molecule has 1 saturated heterocycles. The van der Waals surface area contributed by atoms with Crippen LogP contribution in [0.15, 0.2) is 30.6 Å². The van der Waals surface area contributed by atoms with Gasteiger partial charge in [-0.25, -0.2) is 4.98 Å².